The third kappa shape index (κ3) is 6.40. The number of halogens is 1. The first-order valence-corrected chi connectivity index (χ1v) is 10.7. The number of hydrogen-bond donors (Lipinski definition) is 2. The number of imide groups is 1. The van der Waals surface area contributed by atoms with E-state index >= 15 is 0 Å². The molecule has 0 unspecified atom stereocenters. The molecule has 2 aromatic rings. The molecule has 10 nitrogen and oxygen atoms in total. The Labute approximate surface area is 197 Å². The smallest absolute Gasteiger partial charge is 0.293 e. The summed E-state index contributed by atoms with van der Waals surface area (Å²) < 4.78 is 0. The first kappa shape index (κ1) is 24.0. The molecule has 2 N–H and O–H groups in total. The molecule has 0 aliphatic carbocycles. The van der Waals surface area contributed by atoms with Gasteiger partial charge in [-0.3, -0.25) is 34.2 Å². The molecule has 170 valence electrons. The van der Waals surface area contributed by atoms with Crippen molar-refractivity contribution in [3.05, 3.63) is 79.7 Å². The summed E-state index contributed by atoms with van der Waals surface area (Å²) in [6, 6.07) is 11.9. The number of nitro benzene ring substituents is 1. The first-order chi connectivity index (χ1) is 15.7. The normalized spacial score (nSPS) is 14.5. The average molecular weight is 489 g/mol. The van der Waals surface area contributed by atoms with Gasteiger partial charge in [0.1, 0.15) is 0 Å². The van der Waals surface area contributed by atoms with E-state index in [0.29, 0.717) is 5.02 Å². The maximum absolute atomic E-state index is 12.5. The Hall–Kier alpha value is -3.70. The van der Waals surface area contributed by atoms with Crippen LogP contribution in [0.15, 0.2) is 53.4 Å². The molecule has 0 radical (unpaired) electrons. The minimum absolute atomic E-state index is 0.00220. The molecule has 0 saturated carbocycles. The Balaban J connectivity index is 1.46. The molecule has 1 fully saturated rings. The van der Waals surface area contributed by atoms with Crippen LogP contribution in [0.4, 0.5) is 10.5 Å². The fourth-order valence-electron chi connectivity index (χ4n) is 2.80. The second kappa shape index (κ2) is 10.7. The number of carbonyl (C=O) groups is 4. The molecule has 4 amide bonds. The van der Waals surface area contributed by atoms with E-state index in [1.54, 1.807) is 30.3 Å². The summed E-state index contributed by atoms with van der Waals surface area (Å²) >= 11 is 6.64. The number of nitrogens with zero attached hydrogens (tertiary/aromatic N) is 2. The molecule has 0 bridgehead atoms. The van der Waals surface area contributed by atoms with Gasteiger partial charge in [-0.05, 0) is 41.6 Å². The summed E-state index contributed by atoms with van der Waals surface area (Å²) in [6.07, 6.45) is 1.59. The second-order valence-corrected chi connectivity index (χ2v) is 8.15. The number of hydrogen-bond acceptors (Lipinski definition) is 7. The number of nitrogens with one attached hydrogen (secondary N) is 2. The predicted molar refractivity (Wildman–Crippen MR) is 123 cm³/mol. The van der Waals surface area contributed by atoms with Gasteiger partial charge in [0.25, 0.3) is 22.7 Å². The highest BCUT2D eigenvalue weighted by Gasteiger charge is 2.34. The lowest BCUT2D eigenvalue weighted by Crippen LogP contribution is -2.41. The molecule has 3 rings (SSSR count). The third-order valence-electron chi connectivity index (χ3n) is 4.43. The molecule has 2 aromatic carbocycles. The highest BCUT2D eigenvalue weighted by Crippen LogP contribution is 2.32. The van der Waals surface area contributed by atoms with Crippen molar-refractivity contribution in [2.75, 3.05) is 19.6 Å². The number of thioether (sulfide) groups is 1. The van der Waals surface area contributed by atoms with Crippen molar-refractivity contribution in [3.63, 3.8) is 0 Å². The van der Waals surface area contributed by atoms with Crippen LogP contribution in [0.1, 0.15) is 15.9 Å². The number of amides is 4. The van der Waals surface area contributed by atoms with Crippen molar-refractivity contribution in [1.82, 2.24) is 15.5 Å². The van der Waals surface area contributed by atoms with E-state index in [-0.39, 0.29) is 35.8 Å². The van der Waals surface area contributed by atoms with E-state index in [1.807, 2.05) is 0 Å². The fourth-order valence-corrected chi connectivity index (χ4v) is 3.79. The summed E-state index contributed by atoms with van der Waals surface area (Å²) in [4.78, 5) is 60.1. The summed E-state index contributed by atoms with van der Waals surface area (Å²) in [5, 5.41) is 15.8. The topological polar surface area (TPSA) is 139 Å². The first-order valence-electron chi connectivity index (χ1n) is 9.55. The highest BCUT2D eigenvalue weighted by atomic mass is 35.5. The fraction of sp³-hybridized carbons (Fsp3) is 0.143. The minimum atomic E-state index is -0.646. The molecular formula is C21H17ClN4O6S. The van der Waals surface area contributed by atoms with Gasteiger partial charge in [-0.25, -0.2) is 0 Å². The number of benzene rings is 2. The highest BCUT2D eigenvalue weighted by molar-refractivity contribution is 8.18. The van der Waals surface area contributed by atoms with E-state index in [1.165, 1.54) is 18.2 Å². The van der Waals surface area contributed by atoms with Gasteiger partial charge in [0.15, 0.2) is 0 Å². The number of non-ortho nitro benzene ring substituents is 1. The van der Waals surface area contributed by atoms with Crippen LogP contribution in [-0.2, 0) is 9.59 Å². The standard InChI is InChI=1S/C21H17ClN4O6S/c22-15-6-4-13(5-7-15)10-17-20(29)25(21(30)33-17)9-8-23-18(27)12-24-19(28)14-2-1-3-16(11-14)26(31)32/h1-7,10-11H,8-9,12H2,(H,23,27)(H,24,28)/b17-10-. The van der Waals surface area contributed by atoms with Crippen LogP contribution >= 0.6 is 23.4 Å². The van der Waals surface area contributed by atoms with Gasteiger partial charge < -0.3 is 10.6 Å². The van der Waals surface area contributed by atoms with Crippen LogP contribution in [0.2, 0.25) is 5.02 Å². The molecule has 0 spiro atoms. The molecule has 0 atom stereocenters. The van der Waals surface area contributed by atoms with Gasteiger partial charge in [-0.2, -0.15) is 0 Å². The van der Waals surface area contributed by atoms with Crippen molar-refractivity contribution < 1.29 is 24.1 Å². The second-order valence-electron chi connectivity index (χ2n) is 6.72. The van der Waals surface area contributed by atoms with Gasteiger partial charge in [-0.15, -0.1) is 0 Å². The van der Waals surface area contributed by atoms with Crippen LogP contribution in [-0.4, -0.2) is 52.4 Å². The summed E-state index contributed by atoms with van der Waals surface area (Å²) in [5.74, 6) is -1.65. The van der Waals surface area contributed by atoms with Crippen molar-refractivity contribution in [2.45, 2.75) is 0 Å². The lowest BCUT2D eigenvalue weighted by molar-refractivity contribution is -0.384. The lowest BCUT2D eigenvalue weighted by atomic mass is 10.2. The van der Waals surface area contributed by atoms with Crippen LogP contribution in [0, 0.1) is 10.1 Å². The number of nitro groups is 1. The molecule has 1 aliphatic rings. The third-order valence-corrected chi connectivity index (χ3v) is 5.59. The van der Waals surface area contributed by atoms with Crippen molar-refractivity contribution in [3.8, 4) is 0 Å². The Morgan fingerprint density at radius 1 is 1.12 bits per heavy atom. The molecule has 0 aromatic heterocycles. The van der Waals surface area contributed by atoms with Crippen molar-refractivity contribution in [1.29, 1.82) is 0 Å². The minimum Gasteiger partial charge on any atom is -0.353 e. The maximum Gasteiger partial charge on any atom is 0.293 e. The van der Waals surface area contributed by atoms with E-state index in [0.717, 1.165) is 28.3 Å². The molecule has 1 aliphatic heterocycles. The van der Waals surface area contributed by atoms with E-state index in [2.05, 4.69) is 10.6 Å². The SMILES string of the molecule is O=C(CNC(=O)c1cccc([N+](=O)[O-])c1)NCCN1C(=O)S/C(=C\c2ccc(Cl)cc2)C1=O. The molecule has 1 heterocycles. The Morgan fingerprint density at radius 3 is 2.55 bits per heavy atom. The summed E-state index contributed by atoms with van der Waals surface area (Å²) in [5.41, 5.74) is 0.523. The Morgan fingerprint density at radius 2 is 1.85 bits per heavy atom. The van der Waals surface area contributed by atoms with E-state index < -0.39 is 27.9 Å². The van der Waals surface area contributed by atoms with Gasteiger partial charge >= 0.3 is 0 Å². The molecular weight excluding hydrogens is 472 g/mol. The molecule has 33 heavy (non-hydrogen) atoms. The van der Waals surface area contributed by atoms with Gasteiger partial charge in [0.05, 0.1) is 16.4 Å². The zero-order valence-electron chi connectivity index (χ0n) is 16.9. The predicted octanol–water partition coefficient (Wildman–Crippen LogP) is 2.83. The number of rotatable bonds is 8. The maximum atomic E-state index is 12.5. The molecule has 12 heteroatoms. The average Bonchev–Trinajstić information content (AvgIpc) is 3.06. The monoisotopic (exact) mass is 488 g/mol. The Kier molecular flexibility index (Phi) is 7.80. The molecule has 1 saturated heterocycles. The zero-order chi connectivity index (χ0) is 24.0. The van der Waals surface area contributed by atoms with Crippen molar-refractivity contribution >= 4 is 58.1 Å². The van der Waals surface area contributed by atoms with Crippen LogP contribution in [0.3, 0.4) is 0 Å². The largest absolute Gasteiger partial charge is 0.353 e. The Bertz CT molecular complexity index is 1150. The van der Waals surface area contributed by atoms with Crippen LogP contribution < -0.4 is 10.6 Å². The van der Waals surface area contributed by atoms with E-state index in [4.69, 9.17) is 11.6 Å². The van der Waals surface area contributed by atoms with Gasteiger partial charge in [0.2, 0.25) is 5.91 Å². The lowest BCUT2D eigenvalue weighted by Gasteiger charge is -2.13. The van der Waals surface area contributed by atoms with Crippen LogP contribution in [0.5, 0.6) is 0 Å². The summed E-state index contributed by atoms with van der Waals surface area (Å²) in [7, 11) is 0. The van der Waals surface area contributed by atoms with Gasteiger partial charge in [-0.1, -0.05) is 29.8 Å². The van der Waals surface area contributed by atoms with Crippen LogP contribution in [0.25, 0.3) is 6.08 Å². The number of carbonyl (C=O) groups excluding carboxylic acids is 4. The van der Waals surface area contributed by atoms with E-state index in [9.17, 15) is 29.3 Å². The zero-order valence-corrected chi connectivity index (χ0v) is 18.5. The quantitative estimate of drug-likeness (QED) is 0.331. The summed E-state index contributed by atoms with van der Waals surface area (Å²) in [6.45, 7) is -0.412. The van der Waals surface area contributed by atoms with Gasteiger partial charge in [0, 0.05) is 35.8 Å². The van der Waals surface area contributed by atoms with Crippen molar-refractivity contribution in [2.24, 2.45) is 0 Å².